The number of nitrogens with two attached hydrogens (primary N) is 1. The molecule has 1 spiro atoms. The van der Waals surface area contributed by atoms with Crippen LogP contribution in [-0.2, 0) is 5.41 Å². The van der Waals surface area contributed by atoms with Crippen LogP contribution in [0.1, 0.15) is 62.1 Å². The molecule has 3 heteroatoms. The van der Waals surface area contributed by atoms with Gasteiger partial charge in [0.05, 0.1) is 0 Å². The monoisotopic (exact) mass is 251 g/mol. The van der Waals surface area contributed by atoms with E-state index in [4.69, 9.17) is 5.73 Å². The fourth-order valence-corrected chi connectivity index (χ4v) is 3.89. The lowest BCUT2D eigenvalue weighted by molar-refractivity contribution is 0.235. The van der Waals surface area contributed by atoms with E-state index in [0.717, 1.165) is 50.2 Å². The summed E-state index contributed by atoms with van der Waals surface area (Å²) in [4.78, 5) is 0. The van der Waals surface area contributed by atoms with Crippen LogP contribution in [0.25, 0.3) is 0 Å². The average molecular weight is 251 g/mol. The van der Waals surface area contributed by atoms with Gasteiger partial charge in [-0.15, -0.1) is 0 Å². The molecule has 3 rings (SSSR count). The van der Waals surface area contributed by atoms with Crippen LogP contribution in [0, 0.1) is 11.6 Å². The molecule has 0 amide bonds. The molecule has 0 aliphatic heterocycles. The Kier molecular flexibility index (Phi) is 2.89. The molecule has 1 fully saturated rings. The number of hydrogen-bond acceptors (Lipinski definition) is 1. The van der Waals surface area contributed by atoms with Crippen molar-refractivity contribution >= 4 is 0 Å². The third-order valence-electron chi connectivity index (χ3n) is 4.76. The zero-order chi connectivity index (χ0) is 12.8. The number of rotatable bonds is 0. The van der Waals surface area contributed by atoms with E-state index < -0.39 is 5.82 Å². The smallest absolute Gasteiger partial charge is 0.130 e. The van der Waals surface area contributed by atoms with Gasteiger partial charge in [-0.2, -0.15) is 0 Å². The van der Waals surface area contributed by atoms with Gasteiger partial charge in [-0.3, -0.25) is 0 Å². The maximum atomic E-state index is 14.2. The van der Waals surface area contributed by atoms with E-state index >= 15 is 0 Å². The molecule has 1 aromatic rings. The molecule has 2 N–H and O–H groups in total. The van der Waals surface area contributed by atoms with Crippen LogP contribution >= 0.6 is 0 Å². The van der Waals surface area contributed by atoms with E-state index in [-0.39, 0.29) is 17.3 Å². The predicted octanol–water partition coefficient (Wildman–Crippen LogP) is 3.96. The second-order valence-corrected chi connectivity index (χ2v) is 5.84. The SMILES string of the molecule is NC1CCC2(CCCCC2)c2c(F)cc(F)cc21. The lowest BCUT2D eigenvalue weighted by atomic mass is 9.61. The Morgan fingerprint density at radius 2 is 1.78 bits per heavy atom. The normalized spacial score (nSPS) is 26.1. The largest absolute Gasteiger partial charge is 0.324 e. The zero-order valence-corrected chi connectivity index (χ0v) is 10.5. The third kappa shape index (κ3) is 1.76. The van der Waals surface area contributed by atoms with Gasteiger partial charge in [-0.25, -0.2) is 8.78 Å². The molecule has 1 atom stereocenters. The van der Waals surface area contributed by atoms with Crippen molar-refractivity contribution in [2.45, 2.75) is 56.4 Å². The molecule has 1 unspecified atom stereocenters. The van der Waals surface area contributed by atoms with Crippen LogP contribution in [0.15, 0.2) is 12.1 Å². The van der Waals surface area contributed by atoms with Gasteiger partial charge >= 0.3 is 0 Å². The predicted molar refractivity (Wildman–Crippen MR) is 67.3 cm³/mol. The quantitative estimate of drug-likeness (QED) is 0.742. The van der Waals surface area contributed by atoms with E-state index in [2.05, 4.69) is 0 Å². The van der Waals surface area contributed by atoms with Gasteiger partial charge in [0, 0.05) is 12.1 Å². The molecule has 1 saturated carbocycles. The first-order chi connectivity index (χ1) is 8.62. The highest BCUT2D eigenvalue weighted by Crippen LogP contribution is 2.50. The minimum Gasteiger partial charge on any atom is -0.324 e. The summed E-state index contributed by atoms with van der Waals surface area (Å²) in [6.45, 7) is 0. The van der Waals surface area contributed by atoms with Gasteiger partial charge in [0.1, 0.15) is 11.6 Å². The highest BCUT2D eigenvalue weighted by molar-refractivity contribution is 5.41. The fraction of sp³-hybridized carbons (Fsp3) is 0.600. The Morgan fingerprint density at radius 3 is 2.50 bits per heavy atom. The summed E-state index contributed by atoms with van der Waals surface area (Å²) in [6, 6.07) is 2.25. The topological polar surface area (TPSA) is 26.0 Å². The Hall–Kier alpha value is -0.960. The lowest BCUT2D eigenvalue weighted by Gasteiger charge is -2.44. The molecule has 0 saturated heterocycles. The summed E-state index contributed by atoms with van der Waals surface area (Å²) in [6.07, 6.45) is 7.35. The van der Waals surface area contributed by atoms with E-state index in [1.165, 1.54) is 12.5 Å². The Morgan fingerprint density at radius 1 is 1.06 bits per heavy atom. The third-order valence-corrected chi connectivity index (χ3v) is 4.76. The van der Waals surface area contributed by atoms with E-state index in [1.54, 1.807) is 0 Å². The first-order valence-corrected chi connectivity index (χ1v) is 6.87. The molecular weight excluding hydrogens is 232 g/mol. The number of benzene rings is 1. The van der Waals surface area contributed by atoms with Gasteiger partial charge in [-0.05, 0) is 48.3 Å². The van der Waals surface area contributed by atoms with Crippen LogP contribution in [-0.4, -0.2) is 0 Å². The van der Waals surface area contributed by atoms with Gasteiger partial charge < -0.3 is 5.73 Å². The van der Waals surface area contributed by atoms with Crippen molar-refractivity contribution in [3.63, 3.8) is 0 Å². The van der Waals surface area contributed by atoms with E-state index in [0.29, 0.717) is 5.56 Å². The van der Waals surface area contributed by atoms with E-state index in [9.17, 15) is 8.78 Å². The van der Waals surface area contributed by atoms with Crippen molar-refractivity contribution in [2.75, 3.05) is 0 Å². The van der Waals surface area contributed by atoms with Gasteiger partial charge in [-0.1, -0.05) is 19.3 Å². The van der Waals surface area contributed by atoms with Crippen LogP contribution in [0.2, 0.25) is 0 Å². The van der Waals surface area contributed by atoms with Crippen LogP contribution in [0.5, 0.6) is 0 Å². The molecule has 1 aromatic carbocycles. The van der Waals surface area contributed by atoms with Crippen molar-refractivity contribution in [1.82, 2.24) is 0 Å². The van der Waals surface area contributed by atoms with Crippen LogP contribution < -0.4 is 5.73 Å². The molecule has 1 nitrogen and oxygen atoms in total. The van der Waals surface area contributed by atoms with Gasteiger partial charge in [0.2, 0.25) is 0 Å². The van der Waals surface area contributed by atoms with Crippen LogP contribution in [0.3, 0.4) is 0 Å². The Balaban J connectivity index is 2.15. The summed E-state index contributed by atoms with van der Waals surface area (Å²) in [5, 5.41) is 0. The molecule has 0 bridgehead atoms. The van der Waals surface area contributed by atoms with Crippen LogP contribution in [0.4, 0.5) is 8.78 Å². The maximum absolute atomic E-state index is 14.2. The molecular formula is C15H19F2N. The minimum absolute atomic E-state index is 0.0682. The second kappa shape index (κ2) is 4.30. The summed E-state index contributed by atoms with van der Waals surface area (Å²) in [5.74, 6) is -0.892. The average Bonchev–Trinajstić information content (AvgIpc) is 2.35. The first-order valence-electron chi connectivity index (χ1n) is 6.87. The standard InChI is InChI=1S/C15H19F2N/c16-10-8-11-13(18)4-7-15(5-2-1-3-6-15)14(11)12(17)9-10/h8-9,13H,1-7,18H2. The number of hydrogen-bond donors (Lipinski definition) is 1. The van der Waals surface area contributed by atoms with Crippen molar-refractivity contribution in [2.24, 2.45) is 5.73 Å². The lowest BCUT2D eigenvalue weighted by Crippen LogP contribution is -2.37. The Labute approximate surface area is 106 Å². The van der Waals surface area contributed by atoms with Crippen molar-refractivity contribution in [3.05, 3.63) is 34.9 Å². The first kappa shape index (κ1) is 12.1. The van der Waals surface area contributed by atoms with Gasteiger partial charge in [0.25, 0.3) is 0 Å². The zero-order valence-electron chi connectivity index (χ0n) is 10.5. The molecule has 98 valence electrons. The van der Waals surface area contributed by atoms with Crippen molar-refractivity contribution in [1.29, 1.82) is 0 Å². The van der Waals surface area contributed by atoms with Crippen molar-refractivity contribution < 1.29 is 8.78 Å². The van der Waals surface area contributed by atoms with Gasteiger partial charge in [0.15, 0.2) is 0 Å². The molecule has 0 radical (unpaired) electrons. The number of halogens is 2. The van der Waals surface area contributed by atoms with Crippen molar-refractivity contribution in [3.8, 4) is 0 Å². The second-order valence-electron chi connectivity index (χ2n) is 5.84. The summed E-state index contributed by atoms with van der Waals surface area (Å²) in [5.41, 5.74) is 7.41. The summed E-state index contributed by atoms with van der Waals surface area (Å²) in [7, 11) is 0. The number of fused-ring (bicyclic) bond motifs is 2. The molecule has 2 aliphatic rings. The minimum atomic E-state index is -0.505. The Bertz CT molecular complexity index is 464. The highest BCUT2D eigenvalue weighted by Gasteiger charge is 2.41. The highest BCUT2D eigenvalue weighted by atomic mass is 19.1. The molecule has 2 aliphatic carbocycles. The van der Waals surface area contributed by atoms with E-state index in [1.807, 2.05) is 0 Å². The molecule has 18 heavy (non-hydrogen) atoms. The molecule has 0 heterocycles. The summed E-state index contributed by atoms with van der Waals surface area (Å²) >= 11 is 0. The summed E-state index contributed by atoms with van der Waals surface area (Å²) < 4.78 is 27.6. The molecule has 0 aromatic heterocycles. The fourth-order valence-electron chi connectivity index (χ4n) is 3.89. The maximum Gasteiger partial charge on any atom is 0.130 e.